The highest BCUT2D eigenvalue weighted by Gasteiger charge is 2.22. The lowest BCUT2D eigenvalue weighted by Gasteiger charge is -2.34. The van der Waals surface area contributed by atoms with Gasteiger partial charge in [0.15, 0.2) is 17.3 Å². The molecule has 134 valence electrons. The molecule has 1 aromatic carbocycles. The Morgan fingerprint density at radius 3 is 2.44 bits per heavy atom. The molecule has 0 saturated carbocycles. The zero-order chi connectivity index (χ0) is 18.0. The minimum atomic E-state index is 0.364. The summed E-state index contributed by atoms with van der Waals surface area (Å²) in [6.07, 6.45) is 0. The summed E-state index contributed by atoms with van der Waals surface area (Å²) in [5, 5.41) is 0. The first kappa shape index (κ1) is 17.3. The van der Waals surface area contributed by atoms with Gasteiger partial charge in [0.1, 0.15) is 11.5 Å². The fourth-order valence-electron chi connectivity index (χ4n) is 2.84. The van der Waals surface area contributed by atoms with Crippen LogP contribution in [-0.2, 0) is 0 Å². The molecule has 0 unspecified atom stereocenters. The Morgan fingerprint density at radius 1 is 1.04 bits per heavy atom. The summed E-state index contributed by atoms with van der Waals surface area (Å²) in [6, 6.07) is 5.74. The van der Waals surface area contributed by atoms with Gasteiger partial charge >= 0.3 is 0 Å². The van der Waals surface area contributed by atoms with E-state index in [1.807, 2.05) is 32.0 Å². The molecule has 25 heavy (non-hydrogen) atoms. The van der Waals surface area contributed by atoms with Crippen molar-refractivity contribution in [1.82, 2.24) is 14.9 Å². The van der Waals surface area contributed by atoms with Crippen molar-refractivity contribution >= 4 is 11.5 Å². The molecular weight excluding hydrogens is 318 g/mol. The van der Waals surface area contributed by atoms with Crippen molar-refractivity contribution in [1.29, 1.82) is 0 Å². The average molecular weight is 343 g/mol. The number of hydrogen-bond acceptors (Lipinski definition) is 7. The normalized spacial score (nSPS) is 15.3. The number of ether oxygens (including phenoxy) is 2. The summed E-state index contributed by atoms with van der Waals surface area (Å²) >= 11 is 0. The van der Waals surface area contributed by atoms with Crippen LogP contribution in [0, 0.1) is 13.8 Å². The van der Waals surface area contributed by atoms with Gasteiger partial charge in [0, 0.05) is 26.2 Å². The zero-order valence-electron chi connectivity index (χ0n) is 15.2. The van der Waals surface area contributed by atoms with Gasteiger partial charge in [-0.15, -0.1) is 0 Å². The summed E-state index contributed by atoms with van der Waals surface area (Å²) in [7, 11) is 3.73. The lowest BCUT2D eigenvalue weighted by Crippen LogP contribution is -2.45. The number of rotatable bonds is 4. The predicted octanol–water partition coefficient (Wildman–Crippen LogP) is 2.23. The number of aromatic nitrogens is 2. The number of nitrogens with two attached hydrogens (primary N) is 1. The Morgan fingerprint density at radius 2 is 1.76 bits per heavy atom. The highest BCUT2D eigenvalue weighted by Crippen LogP contribution is 2.36. The van der Waals surface area contributed by atoms with Gasteiger partial charge < -0.3 is 25.0 Å². The first-order valence-electron chi connectivity index (χ1n) is 8.38. The van der Waals surface area contributed by atoms with E-state index in [9.17, 15) is 0 Å². The van der Waals surface area contributed by atoms with Crippen molar-refractivity contribution in [3.8, 4) is 17.4 Å². The second kappa shape index (κ2) is 7.14. The summed E-state index contributed by atoms with van der Waals surface area (Å²) in [6.45, 7) is 7.56. The third kappa shape index (κ3) is 3.76. The fourth-order valence-corrected chi connectivity index (χ4v) is 2.84. The predicted molar refractivity (Wildman–Crippen MR) is 98.7 cm³/mol. The topological polar surface area (TPSA) is 76.7 Å². The average Bonchev–Trinajstić information content (AvgIpc) is 2.60. The number of anilines is 2. The van der Waals surface area contributed by atoms with Crippen LogP contribution < -0.4 is 20.1 Å². The van der Waals surface area contributed by atoms with Crippen LogP contribution in [0.15, 0.2) is 18.2 Å². The van der Waals surface area contributed by atoms with Crippen molar-refractivity contribution in [2.45, 2.75) is 13.8 Å². The molecular formula is C18H25N5O2. The molecule has 0 bridgehead atoms. The zero-order valence-corrected chi connectivity index (χ0v) is 15.2. The lowest BCUT2D eigenvalue weighted by molar-refractivity contribution is 0.312. The molecule has 0 radical (unpaired) electrons. The van der Waals surface area contributed by atoms with Crippen LogP contribution in [0.2, 0.25) is 0 Å². The number of likely N-dealkylation sites (N-methyl/N-ethyl adjacent to an activating group) is 1. The number of methoxy groups -OCH3 is 1. The van der Waals surface area contributed by atoms with Gasteiger partial charge in [-0.2, -0.15) is 4.98 Å². The van der Waals surface area contributed by atoms with E-state index in [1.54, 1.807) is 7.11 Å². The number of aryl methyl sites for hydroxylation is 2. The van der Waals surface area contributed by atoms with Crippen molar-refractivity contribution in [3.63, 3.8) is 0 Å². The Balaban J connectivity index is 1.92. The van der Waals surface area contributed by atoms with E-state index in [2.05, 4.69) is 26.8 Å². The second-order valence-corrected chi connectivity index (χ2v) is 6.36. The van der Waals surface area contributed by atoms with Crippen LogP contribution in [0.1, 0.15) is 11.4 Å². The van der Waals surface area contributed by atoms with E-state index in [-0.39, 0.29) is 0 Å². The number of piperazine rings is 1. The van der Waals surface area contributed by atoms with E-state index >= 15 is 0 Å². The maximum Gasteiger partial charge on any atom is 0.248 e. The van der Waals surface area contributed by atoms with E-state index in [0.717, 1.165) is 37.6 Å². The molecule has 2 heterocycles. The van der Waals surface area contributed by atoms with Crippen molar-refractivity contribution in [2.75, 3.05) is 51.0 Å². The quantitative estimate of drug-likeness (QED) is 0.912. The summed E-state index contributed by atoms with van der Waals surface area (Å²) in [4.78, 5) is 13.4. The Bertz CT molecular complexity index is 757. The summed E-state index contributed by atoms with van der Waals surface area (Å²) < 4.78 is 11.4. The molecule has 2 aromatic rings. The van der Waals surface area contributed by atoms with Gasteiger partial charge in [0.05, 0.1) is 7.11 Å². The Hall–Kier alpha value is -2.54. The van der Waals surface area contributed by atoms with Gasteiger partial charge in [0.2, 0.25) is 5.88 Å². The van der Waals surface area contributed by atoms with Gasteiger partial charge in [-0.3, -0.25) is 0 Å². The third-order valence-corrected chi connectivity index (χ3v) is 4.33. The molecule has 7 heteroatoms. The van der Waals surface area contributed by atoms with Gasteiger partial charge in [-0.25, -0.2) is 4.98 Å². The summed E-state index contributed by atoms with van der Waals surface area (Å²) in [5.74, 6) is 2.97. The van der Waals surface area contributed by atoms with Crippen LogP contribution in [0.25, 0.3) is 0 Å². The molecule has 0 atom stereocenters. The highest BCUT2D eigenvalue weighted by molar-refractivity contribution is 5.69. The third-order valence-electron chi connectivity index (χ3n) is 4.33. The van der Waals surface area contributed by atoms with Gasteiger partial charge in [-0.05, 0) is 38.6 Å². The van der Waals surface area contributed by atoms with E-state index in [1.165, 1.54) is 0 Å². The molecule has 1 aliphatic rings. The van der Waals surface area contributed by atoms with Gasteiger partial charge in [0.25, 0.3) is 0 Å². The Labute approximate surface area is 148 Å². The second-order valence-electron chi connectivity index (χ2n) is 6.36. The maximum atomic E-state index is 6.34. The van der Waals surface area contributed by atoms with Crippen LogP contribution in [0.5, 0.6) is 17.4 Å². The van der Waals surface area contributed by atoms with E-state index in [0.29, 0.717) is 28.9 Å². The number of hydrogen-bond donors (Lipinski definition) is 1. The molecule has 0 amide bonds. The highest BCUT2D eigenvalue weighted by atomic mass is 16.5. The molecule has 1 fully saturated rings. The minimum absolute atomic E-state index is 0.364. The monoisotopic (exact) mass is 343 g/mol. The van der Waals surface area contributed by atoms with Crippen LogP contribution in [0.4, 0.5) is 11.5 Å². The standard InChI is InChI=1S/C18H25N5O2/c1-12-5-6-14(15(11-12)24-4)25-18-16(19)17(20-13(2)21-18)23-9-7-22(3)8-10-23/h5-6,11H,7-10,19H2,1-4H3. The van der Waals surface area contributed by atoms with Crippen LogP contribution in [0.3, 0.4) is 0 Å². The first-order valence-corrected chi connectivity index (χ1v) is 8.38. The molecule has 1 aromatic heterocycles. The molecule has 0 spiro atoms. The van der Waals surface area contributed by atoms with Crippen LogP contribution >= 0.6 is 0 Å². The SMILES string of the molecule is COc1cc(C)ccc1Oc1nc(C)nc(N2CCN(C)CC2)c1N. The van der Waals surface area contributed by atoms with Gasteiger partial charge in [-0.1, -0.05) is 6.07 Å². The number of benzene rings is 1. The summed E-state index contributed by atoms with van der Waals surface area (Å²) in [5.41, 5.74) is 7.89. The smallest absolute Gasteiger partial charge is 0.248 e. The molecule has 1 saturated heterocycles. The first-order chi connectivity index (χ1) is 12.0. The molecule has 1 aliphatic heterocycles. The molecule has 3 rings (SSSR count). The van der Waals surface area contributed by atoms with Crippen molar-refractivity contribution in [3.05, 3.63) is 29.6 Å². The number of nitrogen functional groups attached to an aromatic ring is 1. The largest absolute Gasteiger partial charge is 0.493 e. The lowest BCUT2D eigenvalue weighted by atomic mass is 10.2. The van der Waals surface area contributed by atoms with Crippen molar-refractivity contribution < 1.29 is 9.47 Å². The minimum Gasteiger partial charge on any atom is -0.493 e. The molecule has 7 nitrogen and oxygen atoms in total. The maximum absolute atomic E-state index is 6.34. The van der Waals surface area contributed by atoms with Crippen LogP contribution in [-0.4, -0.2) is 55.2 Å². The fraction of sp³-hybridized carbons (Fsp3) is 0.444. The van der Waals surface area contributed by atoms with E-state index in [4.69, 9.17) is 15.2 Å². The Kier molecular flexibility index (Phi) is 4.94. The van der Waals surface area contributed by atoms with Crippen molar-refractivity contribution in [2.24, 2.45) is 0 Å². The number of nitrogens with zero attached hydrogens (tertiary/aromatic N) is 4. The molecule has 0 aliphatic carbocycles. The van der Waals surface area contributed by atoms with E-state index < -0.39 is 0 Å². The molecule has 2 N–H and O–H groups in total.